The fourth-order valence-electron chi connectivity index (χ4n) is 4.60. The minimum atomic E-state index is -5.00. The van der Waals surface area contributed by atoms with Crippen LogP contribution in [0.1, 0.15) is 36.5 Å². The number of alkyl halides is 6. The lowest BCUT2D eigenvalue weighted by Crippen LogP contribution is -2.39. The molecule has 0 aliphatic carbocycles. The van der Waals surface area contributed by atoms with Crippen molar-refractivity contribution in [2.45, 2.75) is 50.7 Å². The van der Waals surface area contributed by atoms with Crippen LogP contribution in [0, 0.1) is 0 Å². The van der Waals surface area contributed by atoms with Gasteiger partial charge in [-0.25, -0.2) is 14.8 Å². The molecule has 14 heteroatoms. The van der Waals surface area contributed by atoms with Crippen molar-refractivity contribution in [3.8, 4) is 11.1 Å². The number of carboxylic acid groups (broad SMARTS) is 1. The minimum absolute atomic E-state index is 0.00730. The van der Waals surface area contributed by atoms with Crippen molar-refractivity contribution in [3.05, 3.63) is 59.7 Å². The number of carbonyl (C=O) groups is 1. The van der Waals surface area contributed by atoms with Gasteiger partial charge in [-0.2, -0.15) is 31.4 Å². The van der Waals surface area contributed by atoms with E-state index in [-0.39, 0.29) is 30.2 Å². The van der Waals surface area contributed by atoms with Gasteiger partial charge in [-0.15, -0.1) is 0 Å². The molecule has 1 amide bonds. The number of likely N-dealkylation sites (tertiary alicyclic amines) is 1. The molecule has 1 saturated heterocycles. The Morgan fingerprint density at radius 2 is 1.63 bits per heavy atom. The fourth-order valence-corrected chi connectivity index (χ4v) is 4.60. The summed E-state index contributed by atoms with van der Waals surface area (Å²) >= 11 is 0. The number of benzene rings is 1. The van der Waals surface area contributed by atoms with Crippen LogP contribution in [0.3, 0.4) is 0 Å². The first-order valence-corrected chi connectivity index (χ1v) is 11.6. The number of amides is 1. The molecule has 1 N–H and O–H groups in total. The Labute approximate surface area is 213 Å². The molecule has 8 nitrogen and oxygen atoms in total. The Kier molecular flexibility index (Phi) is 7.26. The maximum atomic E-state index is 13.5. The van der Waals surface area contributed by atoms with Gasteiger partial charge >= 0.3 is 18.4 Å². The van der Waals surface area contributed by atoms with Gasteiger partial charge in [0.1, 0.15) is 0 Å². The highest BCUT2D eigenvalue weighted by molar-refractivity contribution is 5.66. The van der Waals surface area contributed by atoms with Gasteiger partial charge in [0.15, 0.2) is 0 Å². The number of rotatable bonds is 6. The van der Waals surface area contributed by atoms with E-state index in [0.717, 1.165) is 0 Å². The zero-order valence-electron chi connectivity index (χ0n) is 20.3. The Balaban J connectivity index is 1.74. The lowest BCUT2D eigenvalue weighted by atomic mass is 10.0. The summed E-state index contributed by atoms with van der Waals surface area (Å²) in [7, 11) is 1.73. The second kappa shape index (κ2) is 10.1. The predicted octanol–water partition coefficient (Wildman–Crippen LogP) is 5.45. The zero-order chi connectivity index (χ0) is 27.8. The maximum absolute atomic E-state index is 13.5. The van der Waals surface area contributed by atoms with Crippen molar-refractivity contribution in [1.29, 1.82) is 0 Å². The third-order valence-electron chi connectivity index (χ3n) is 6.48. The summed E-state index contributed by atoms with van der Waals surface area (Å²) in [6.45, 7) is 1.40. The number of halogens is 6. The smallest absolute Gasteiger partial charge is 0.416 e. The quantitative estimate of drug-likeness (QED) is 0.417. The summed E-state index contributed by atoms with van der Waals surface area (Å²) in [4.78, 5) is 23.1. The van der Waals surface area contributed by atoms with E-state index in [0.29, 0.717) is 36.1 Å². The molecule has 0 saturated carbocycles. The highest BCUT2D eigenvalue weighted by Gasteiger charge is 2.40. The van der Waals surface area contributed by atoms with Crippen LogP contribution in [0.2, 0.25) is 0 Å². The molecule has 1 fully saturated rings. The van der Waals surface area contributed by atoms with Crippen LogP contribution < -0.4 is 4.90 Å². The molecule has 0 radical (unpaired) electrons. The number of aromatic nitrogens is 4. The highest BCUT2D eigenvalue weighted by atomic mass is 19.4. The largest absolute Gasteiger partial charge is 0.465 e. The summed E-state index contributed by atoms with van der Waals surface area (Å²) in [5, 5.41) is 13.7. The number of hydrogen-bond acceptors (Lipinski definition) is 5. The average Bonchev–Trinajstić information content (AvgIpc) is 3.48. The third-order valence-corrected chi connectivity index (χ3v) is 6.48. The van der Waals surface area contributed by atoms with E-state index in [1.54, 1.807) is 31.0 Å². The molecule has 38 heavy (non-hydrogen) atoms. The predicted molar refractivity (Wildman–Crippen MR) is 124 cm³/mol. The third kappa shape index (κ3) is 5.83. The summed E-state index contributed by atoms with van der Waals surface area (Å²) in [5.41, 5.74) is -1.80. The molecule has 1 aromatic carbocycles. The van der Waals surface area contributed by atoms with E-state index in [2.05, 4.69) is 15.1 Å². The van der Waals surface area contributed by atoms with Crippen LogP contribution in [-0.4, -0.2) is 54.5 Å². The summed E-state index contributed by atoms with van der Waals surface area (Å²) in [6.07, 6.45) is -4.10. The van der Waals surface area contributed by atoms with Crippen LogP contribution in [0.15, 0.2) is 43.0 Å². The number of nitrogens with zero attached hydrogens (tertiary/aromatic N) is 6. The topological polar surface area (TPSA) is 87.4 Å². The lowest BCUT2D eigenvalue weighted by Gasteiger charge is -2.29. The van der Waals surface area contributed by atoms with Crippen LogP contribution in [0.5, 0.6) is 0 Å². The molecule has 3 aromatic rings. The van der Waals surface area contributed by atoms with Crippen LogP contribution in [0.25, 0.3) is 11.1 Å². The van der Waals surface area contributed by atoms with E-state index < -0.39 is 42.2 Å². The van der Waals surface area contributed by atoms with Crippen LogP contribution in [-0.2, 0) is 25.9 Å². The number of hydrogen-bond donors (Lipinski definition) is 1. The van der Waals surface area contributed by atoms with Gasteiger partial charge in [-0.05, 0) is 36.6 Å². The average molecular weight is 542 g/mol. The highest BCUT2D eigenvalue weighted by Crippen LogP contribution is 2.37. The molecule has 0 bridgehead atoms. The van der Waals surface area contributed by atoms with E-state index in [1.807, 2.05) is 0 Å². The second-order valence-corrected chi connectivity index (χ2v) is 9.10. The normalized spacial score (nSPS) is 18.2. The SMILES string of the molecule is CC[C@@H]1C[C@@H](N(Cc2cc(C(F)(F)F)cc(C(F)(F)F)c2)c2ncc(-c3cnn(C)c3)cn2)CN1C(=O)O. The zero-order valence-corrected chi connectivity index (χ0v) is 20.3. The second-order valence-electron chi connectivity index (χ2n) is 9.10. The Bertz CT molecular complexity index is 1260. The van der Waals surface area contributed by atoms with Gasteiger partial charge in [0.25, 0.3) is 0 Å². The van der Waals surface area contributed by atoms with Gasteiger partial charge in [-0.1, -0.05) is 6.92 Å². The molecule has 2 atom stereocenters. The fraction of sp³-hybridized carbons (Fsp3) is 0.417. The van der Waals surface area contributed by atoms with E-state index >= 15 is 0 Å². The summed E-state index contributed by atoms with van der Waals surface area (Å²) in [5.74, 6) is 0.0516. The van der Waals surface area contributed by atoms with Crippen LogP contribution in [0.4, 0.5) is 37.1 Å². The van der Waals surface area contributed by atoms with E-state index in [9.17, 15) is 36.2 Å². The van der Waals surface area contributed by atoms with Gasteiger partial charge in [-0.3, -0.25) is 4.68 Å². The molecule has 0 unspecified atom stereocenters. The minimum Gasteiger partial charge on any atom is -0.465 e. The van der Waals surface area contributed by atoms with Crippen molar-refractivity contribution in [2.75, 3.05) is 11.4 Å². The first kappa shape index (κ1) is 27.2. The van der Waals surface area contributed by atoms with Crippen molar-refractivity contribution < 1.29 is 36.2 Å². The van der Waals surface area contributed by atoms with Gasteiger partial charge < -0.3 is 14.9 Å². The molecule has 2 aromatic heterocycles. The molecular formula is C24H24F6N6O2. The van der Waals surface area contributed by atoms with Crippen LogP contribution >= 0.6 is 0 Å². The Hall–Kier alpha value is -3.84. The lowest BCUT2D eigenvalue weighted by molar-refractivity contribution is -0.143. The Morgan fingerprint density at radius 3 is 2.08 bits per heavy atom. The number of anilines is 1. The monoisotopic (exact) mass is 542 g/mol. The molecule has 3 heterocycles. The molecule has 1 aliphatic rings. The summed E-state index contributed by atoms with van der Waals surface area (Å²) < 4.78 is 82.3. The van der Waals surface area contributed by atoms with Crippen molar-refractivity contribution in [3.63, 3.8) is 0 Å². The summed E-state index contributed by atoms with van der Waals surface area (Å²) in [6, 6.07) is 0.439. The van der Waals surface area contributed by atoms with Gasteiger partial charge in [0.2, 0.25) is 5.95 Å². The van der Waals surface area contributed by atoms with E-state index in [1.165, 1.54) is 22.2 Å². The van der Waals surface area contributed by atoms with Crippen molar-refractivity contribution in [2.24, 2.45) is 7.05 Å². The maximum Gasteiger partial charge on any atom is 0.416 e. The molecule has 204 valence electrons. The molecular weight excluding hydrogens is 518 g/mol. The molecule has 1 aliphatic heterocycles. The first-order chi connectivity index (χ1) is 17.8. The molecule has 0 spiro atoms. The van der Waals surface area contributed by atoms with Crippen molar-refractivity contribution >= 4 is 12.0 Å². The molecule has 4 rings (SSSR count). The van der Waals surface area contributed by atoms with E-state index in [4.69, 9.17) is 0 Å². The first-order valence-electron chi connectivity index (χ1n) is 11.6. The van der Waals surface area contributed by atoms with Gasteiger partial charge in [0, 0.05) is 55.9 Å². The number of aryl methyl sites for hydroxylation is 1. The Morgan fingerprint density at radius 1 is 1.03 bits per heavy atom. The van der Waals surface area contributed by atoms with Crippen molar-refractivity contribution in [1.82, 2.24) is 24.6 Å². The standard InChI is InChI=1S/C24H24F6N6O2/c1-3-19-7-20(13-36(19)22(37)38)35(21-31-8-15(9-32-21)16-10-33-34(2)12-16)11-14-4-17(23(25,26)27)6-18(5-14)24(28,29)30/h4-6,8-10,12,19-20H,3,7,11,13H2,1-2H3,(H,37,38)/t19-,20-/m1/s1. The van der Waals surface area contributed by atoms with Gasteiger partial charge in [0.05, 0.1) is 23.4 Å².